The zero-order valence-corrected chi connectivity index (χ0v) is 17.2. The van der Waals surface area contributed by atoms with Gasteiger partial charge in [-0.1, -0.05) is 23.7 Å². The molecule has 29 heavy (non-hydrogen) atoms. The third-order valence-corrected chi connectivity index (χ3v) is 5.54. The van der Waals surface area contributed by atoms with E-state index in [4.69, 9.17) is 16.3 Å². The van der Waals surface area contributed by atoms with Gasteiger partial charge in [0.25, 0.3) is 10.0 Å². The number of aryl methyl sites for hydroxylation is 1. The number of aromatic nitrogens is 2. The second-order valence-electron chi connectivity index (χ2n) is 5.90. The van der Waals surface area contributed by atoms with Crippen molar-refractivity contribution >= 4 is 39.6 Å². The number of rotatable bonds is 7. The Hall–Kier alpha value is -3.17. The monoisotopic (exact) mass is 431 g/mol. The first-order valence-corrected chi connectivity index (χ1v) is 10.3. The summed E-state index contributed by atoms with van der Waals surface area (Å²) >= 11 is 5.98. The van der Waals surface area contributed by atoms with Crippen molar-refractivity contribution in [1.29, 1.82) is 0 Å². The molecule has 0 aliphatic carbocycles. The Morgan fingerprint density at radius 2 is 1.83 bits per heavy atom. The molecule has 0 spiro atoms. The lowest BCUT2D eigenvalue weighted by Crippen LogP contribution is -2.16. The molecular weight excluding hydrogens is 414 g/mol. The smallest absolute Gasteiger partial charge is 0.265 e. The summed E-state index contributed by atoms with van der Waals surface area (Å²) in [6.07, 6.45) is 1.60. The van der Waals surface area contributed by atoms with E-state index in [-0.39, 0.29) is 15.9 Å². The minimum absolute atomic E-state index is 0.0567. The van der Waals surface area contributed by atoms with Gasteiger partial charge in [-0.05, 0) is 48.9 Å². The number of nitrogens with one attached hydrogen (secondary N) is 2. The van der Waals surface area contributed by atoms with Gasteiger partial charge in [0.15, 0.2) is 5.82 Å². The molecule has 0 aliphatic heterocycles. The van der Waals surface area contributed by atoms with E-state index in [0.717, 1.165) is 11.3 Å². The van der Waals surface area contributed by atoms with E-state index in [9.17, 15) is 8.42 Å². The average molecular weight is 432 g/mol. The van der Waals surface area contributed by atoms with Crippen LogP contribution in [0.4, 0.5) is 11.8 Å². The van der Waals surface area contributed by atoms with Crippen LogP contribution in [-0.4, -0.2) is 31.7 Å². The number of ether oxygens (including phenoxy) is 1. The van der Waals surface area contributed by atoms with Crippen LogP contribution in [0, 0.1) is 6.92 Å². The van der Waals surface area contributed by atoms with E-state index in [1.807, 2.05) is 24.3 Å². The lowest BCUT2D eigenvalue weighted by molar-refractivity contribution is 0.415. The molecule has 0 radical (unpaired) electrons. The standard InChI is InChI=1S/C19H18ClN5O3S/c1-13-11-18(24-21-12-14-7-9-15(28-2)10-8-14)23-19(22-13)25-29(26,27)17-6-4-3-5-16(17)20/h3-12H,1-2H3,(H2,22,23,24,25)/b21-12+. The highest BCUT2D eigenvalue weighted by atomic mass is 35.5. The minimum atomic E-state index is -3.93. The molecule has 0 aliphatic rings. The number of sulfonamides is 1. The quantitative estimate of drug-likeness (QED) is 0.436. The van der Waals surface area contributed by atoms with Gasteiger partial charge in [-0.15, -0.1) is 0 Å². The predicted molar refractivity (Wildman–Crippen MR) is 113 cm³/mol. The van der Waals surface area contributed by atoms with E-state index in [2.05, 4.69) is 25.2 Å². The molecule has 2 aromatic carbocycles. The molecule has 3 aromatic rings. The van der Waals surface area contributed by atoms with Gasteiger partial charge in [0.1, 0.15) is 10.6 Å². The van der Waals surface area contributed by atoms with Crippen LogP contribution in [0.1, 0.15) is 11.3 Å². The van der Waals surface area contributed by atoms with Gasteiger partial charge < -0.3 is 4.74 Å². The molecule has 1 heterocycles. The van der Waals surface area contributed by atoms with Crippen LogP contribution in [0.25, 0.3) is 0 Å². The summed E-state index contributed by atoms with van der Waals surface area (Å²) in [5.41, 5.74) is 4.17. The summed E-state index contributed by atoms with van der Waals surface area (Å²) < 4.78 is 32.6. The topological polar surface area (TPSA) is 106 Å². The van der Waals surface area contributed by atoms with Crippen molar-refractivity contribution in [3.05, 3.63) is 70.9 Å². The zero-order valence-electron chi connectivity index (χ0n) is 15.6. The van der Waals surface area contributed by atoms with Gasteiger partial charge in [0, 0.05) is 11.8 Å². The van der Waals surface area contributed by atoms with E-state index < -0.39 is 10.0 Å². The maximum absolute atomic E-state index is 12.6. The Labute approximate surface area is 173 Å². The van der Waals surface area contributed by atoms with E-state index >= 15 is 0 Å². The zero-order chi connectivity index (χ0) is 20.9. The molecular formula is C19H18ClN5O3S. The minimum Gasteiger partial charge on any atom is -0.497 e. The first kappa shape index (κ1) is 20.6. The number of methoxy groups -OCH3 is 1. The maximum atomic E-state index is 12.6. The van der Waals surface area contributed by atoms with E-state index in [1.54, 1.807) is 38.4 Å². The number of hydrazone groups is 1. The first-order valence-electron chi connectivity index (χ1n) is 8.43. The van der Waals surface area contributed by atoms with Crippen molar-refractivity contribution in [1.82, 2.24) is 9.97 Å². The molecule has 1 aromatic heterocycles. The average Bonchev–Trinajstić information content (AvgIpc) is 2.68. The van der Waals surface area contributed by atoms with Gasteiger partial charge in [-0.3, -0.25) is 5.43 Å². The first-order chi connectivity index (χ1) is 13.9. The highest BCUT2D eigenvalue weighted by Gasteiger charge is 2.19. The Kier molecular flexibility index (Phi) is 6.30. The molecule has 150 valence electrons. The van der Waals surface area contributed by atoms with Crippen molar-refractivity contribution in [3.8, 4) is 5.75 Å². The van der Waals surface area contributed by atoms with Crippen LogP contribution in [-0.2, 0) is 10.0 Å². The Morgan fingerprint density at radius 1 is 1.10 bits per heavy atom. The molecule has 0 unspecified atom stereocenters. The van der Waals surface area contributed by atoms with E-state index in [0.29, 0.717) is 11.5 Å². The lowest BCUT2D eigenvalue weighted by atomic mass is 10.2. The molecule has 0 saturated heterocycles. The van der Waals surface area contributed by atoms with Gasteiger partial charge in [-0.25, -0.2) is 18.1 Å². The number of halogens is 1. The number of benzene rings is 2. The molecule has 8 nitrogen and oxygen atoms in total. The number of hydrogen-bond acceptors (Lipinski definition) is 7. The van der Waals surface area contributed by atoms with Crippen molar-refractivity contribution in [2.24, 2.45) is 5.10 Å². The summed E-state index contributed by atoms with van der Waals surface area (Å²) in [6.45, 7) is 1.72. The summed E-state index contributed by atoms with van der Waals surface area (Å²) in [6, 6.07) is 15.1. The Bertz CT molecular complexity index is 1130. The molecule has 3 rings (SSSR count). The summed E-state index contributed by atoms with van der Waals surface area (Å²) in [5, 5.41) is 4.22. The van der Waals surface area contributed by atoms with Crippen molar-refractivity contribution in [2.75, 3.05) is 17.3 Å². The summed E-state index contributed by atoms with van der Waals surface area (Å²) in [4.78, 5) is 8.20. The number of nitrogens with zero attached hydrogens (tertiary/aromatic N) is 3. The van der Waals surface area contributed by atoms with Gasteiger partial charge in [0.05, 0.1) is 18.3 Å². The van der Waals surface area contributed by atoms with Gasteiger partial charge >= 0.3 is 0 Å². The second kappa shape index (κ2) is 8.89. The third-order valence-electron chi connectivity index (χ3n) is 3.71. The largest absolute Gasteiger partial charge is 0.497 e. The predicted octanol–water partition coefficient (Wildman–Crippen LogP) is 3.69. The normalized spacial score (nSPS) is 11.4. The molecule has 0 fully saturated rings. The van der Waals surface area contributed by atoms with Crippen molar-refractivity contribution in [2.45, 2.75) is 11.8 Å². The fourth-order valence-electron chi connectivity index (χ4n) is 2.37. The SMILES string of the molecule is COc1ccc(/C=N/Nc2cc(C)nc(NS(=O)(=O)c3ccccc3Cl)n2)cc1. The highest BCUT2D eigenvalue weighted by Crippen LogP contribution is 2.22. The molecule has 0 bridgehead atoms. The second-order valence-corrected chi connectivity index (χ2v) is 7.96. The van der Waals surface area contributed by atoms with Crippen LogP contribution in [0.5, 0.6) is 5.75 Å². The van der Waals surface area contributed by atoms with Crippen LogP contribution >= 0.6 is 11.6 Å². The molecule has 0 atom stereocenters. The Balaban J connectivity index is 1.75. The maximum Gasteiger partial charge on any atom is 0.265 e. The van der Waals surface area contributed by atoms with Crippen LogP contribution in [0.2, 0.25) is 5.02 Å². The molecule has 0 saturated carbocycles. The molecule has 10 heteroatoms. The van der Waals surface area contributed by atoms with Crippen molar-refractivity contribution < 1.29 is 13.2 Å². The number of hydrogen-bond donors (Lipinski definition) is 2. The fourth-order valence-corrected chi connectivity index (χ4v) is 3.84. The number of anilines is 2. The van der Waals surface area contributed by atoms with Crippen molar-refractivity contribution in [3.63, 3.8) is 0 Å². The lowest BCUT2D eigenvalue weighted by Gasteiger charge is -2.09. The van der Waals surface area contributed by atoms with E-state index in [1.165, 1.54) is 12.1 Å². The Morgan fingerprint density at radius 3 is 2.52 bits per heavy atom. The van der Waals surface area contributed by atoms with Crippen LogP contribution < -0.4 is 14.9 Å². The van der Waals surface area contributed by atoms with Crippen LogP contribution in [0.3, 0.4) is 0 Å². The third kappa shape index (κ3) is 5.43. The van der Waals surface area contributed by atoms with Gasteiger partial charge in [-0.2, -0.15) is 10.1 Å². The highest BCUT2D eigenvalue weighted by molar-refractivity contribution is 7.92. The fraction of sp³-hybridized carbons (Fsp3) is 0.105. The molecule has 2 N–H and O–H groups in total. The molecule has 0 amide bonds. The van der Waals surface area contributed by atoms with Gasteiger partial charge in [0.2, 0.25) is 5.95 Å². The summed E-state index contributed by atoms with van der Waals surface area (Å²) in [7, 11) is -2.34. The van der Waals surface area contributed by atoms with Crippen LogP contribution in [0.15, 0.2) is 64.6 Å². The summed E-state index contributed by atoms with van der Waals surface area (Å²) in [5.74, 6) is 0.989.